The zero-order valence-electron chi connectivity index (χ0n) is 10.0. The zero-order valence-corrected chi connectivity index (χ0v) is 10.8. The van der Waals surface area contributed by atoms with Gasteiger partial charge >= 0.3 is 0 Å². The summed E-state index contributed by atoms with van der Waals surface area (Å²) < 4.78 is 5.24. The highest BCUT2D eigenvalue weighted by atomic mass is 35.5. The minimum atomic E-state index is 0.497. The maximum Gasteiger partial charge on any atom is 0.0615 e. The van der Waals surface area contributed by atoms with E-state index in [4.69, 9.17) is 16.3 Å². The quantitative estimate of drug-likeness (QED) is 0.655. The Balaban J connectivity index is 2.46. The molecule has 0 saturated heterocycles. The Morgan fingerprint density at radius 1 is 1.33 bits per heavy atom. The lowest BCUT2D eigenvalue weighted by molar-refractivity contribution is 0.0600. The van der Waals surface area contributed by atoms with E-state index in [1.165, 1.54) is 32.1 Å². The summed E-state index contributed by atoms with van der Waals surface area (Å²) in [5.41, 5.74) is 0. The van der Waals surface area contributed by atoms with Gasteiger partial charge in [0.2, 0.25) is 0 Å². The van der Waals surface area contributed by atoms with Gasteiger partial charge in [0.1, 0.15) is 0 Å². The van der Waals surface area contributed by atoms with Crippen molar-refractivity contribution in [2.45, 2.75) is 51.1 Å². The van der Waals surface area contributed by atoms with Crippen molar-refractivity contribution in [3.8, 4) is 0 Å². The molecule has 0 aliphatic heterocycles. The highest BCUT2D eigenvalue weighted by Crippen LogP contribution is 2.24. The highest BCUT2D eigenvalue weighted by molar-refractivity contribution is 6.18. The standard InChI is InChI=1S/C12H24ClNO/c1-11(10-15-2)14(9-8-13)12-6-4-3-5-7-12/h11-12H,3-10H2,1-2H3. The molecule has 0 aromatic heterocycles. The van der Waals surface area contributed by atoms with Crippen molar-refractivity contribution >= 4 is 11.6 Å². The van der Waals surface area contributed by atoms with Gasteiger partial charge in [-0.3, -0.25) is 4.90 Å². The van der Waals surface area contributed by atoms with Gasteiger partial charge in [-0.05, 0) is 19.8 Å². The molecule has 1 saturated carbocycles. The van der Waals surface area contributed by atoms with E-state index in [-0.39, 0.29) is 0 Å². The second-order valence-corrected chi connectivity index (χ2v) is 4.90. The second-order valence-electron chi connectivity index (χ2n) is 4.52. The van der Waals surface area contributed by atoms with E-state index < -0.39 is 0 Å². The third kappa shape index (κ3) is 4.29. The fraction of sp³-hybridized carbons (Fsp3) is 1.00. The predicted molar refractivity (Wildman–Crippen MR) is 65.6 cm³/mol. The van der Waals surface area contributed by atoms with Crippen LogP contribution in [0, 0.1) is 0 Å². The van der Waals surface area contributed by atoms with Crippen molar-refractivity contribution in [3.05, 3.63) is 0 Å². The lowest BCUT2D eigenvalue weighted by Crippen LogP contribution is -2.45. The molecule has 0 spiro atoms. The summed E-state index contributed by atoms with van der Waals surface area (Å²) in [4.78, 5) is 2.54. The summed E-state index contributed by atoms with van der Waals surface area (Å²) >= 11 is 5.88. The Labute approximate surface area is 98.9 Å². The Bertz CT molecular complexity index is 160. The van der Waals surface area contributed by atoms with Gasteiger partial charge in [0.05, 0.1) is 6.61 Å². The average Bonchev–Trinajstić information content (AvgIpc) is 2.27. The summed E-state index contributed by atoms with van der Waals surface area (Å²) in [5, 5.41) is 0. The molecule has 1 unspecified atom stereocenters. The molecule has 1 rings (SSSR count). The molecule has 0 amide bonds. The molecule has 1 aliphatic carbocycles. The molecular formula is C12H24ClNO. The third-order valence-corrected chi connectivity index (χ3v) is 3.53. The van der Waals surface area contributed by atoms with Crippen LogP contribution in [0.5, 0.6) is 0 Å². The molecule has 2 nitrogen and oxygen atoms in total. The number of alkyl halides is 1. The van der Waals surface area contributed by atoms with E-state index in [9.17, 15) is 0 Å². The minimum Gasteiger partial charge on any atom is -0.383 e. The Morgan fingerprint density at radius 3 is 2.53 bits per heavy atom. The van der Waals surface area contributed by atoms with Crippen LogP contribution in [0.3, 0.4) is 0 Å². The molecule has 15 heavy (non-hydrogen) atoms. The van der Waals surface area contributed by atoms with E-state index in [0.717, 1.165) is 25.1 Å². The number of hydrogen-bond donors (Lipinski definition) is 0. The van der Waals surface area contributed by atoms with Gasteiger partial charge in [-0.2, -0.15) is 0 Å². The van der Waals surface area contributed by atoms with E-state index in [2.05, 4.69) is 11.8 Å². The largest absolute Gasteiger partial charge is 0.383 e. The van der Waals surface area contributed by atoms with E-state index >= 15 is 0 Å². The Morgan fingerprint density at radius 2 is 2.00 bits per heavy atom. The second kappa shape index (κ2) is 7.48. The third-order valence-electron chi connectivity index (χ3n) is 3.36. The Hall–Kier alpha value is 0.210. The van der Waals surface area contributed by atoms with Crippen molar-refractivity contribution in [3.63, 3.8) is 0 Å². The van der Waals surface area contributed by atoms with E-state index in [0.29, 0.717) is 6.04 Å². The van der Waals surface area contributed by atoms with E-state index in [1.807, 2.05) is 0 Å². The normalized spacial score (nSPS) is 20.8. The van der Waals surface area contributed by atoms with Crippen LogP contribution < -0.4 is 0 Å². The van der Waals surface area contributed by atoms with Gasteiger partial charge in [0, 0.05) is 31.6 Å². The predicted octanol–water partition coefficient (Wildman–Crippen LogP) is 2.89. The summed E-state index contributed by atoms with van der Waals surface area (Å²) in [7, 11) is 1.77. The summed E-state index contributed by atoms with van der Waals surface area (Å²) in [6.45, 7) is 4.05. The molecule has 0 heterocycles. The summed E-state index contributed by atoms with van der Waals surface area (Å²) in [6, 6.07) is 1.24. The molecular weight excluding hydrogens is 210 g/mol. The van der Waals surface area contributed by atoms with Crippen molar-refractivity contribution in [2.24, 2.45) is 0 Å². The lowest BCUT2D eigenvalue weighted by atomic mass is 9.93. The fourth-order valence-corrected chi connectivity index (χ4v) is 2.81. The van der Waals surface area contributed by atoms with Crippen molar-refractivity contribution in [1.82, 2.24) is 4.90 Å². The smallest absolute Gasteiger partial charge is 0.0615 e. The molecule has 0 N–H and O–H groups in total. The first-order valence-corrected chi connectivity index (χ1v) is 6.63. The van der Waals surface area contributed by atoms with Gasteiger partial charge in [0.15, 0.2) is 0 Å². The molecule has 90 valence electrons. The van der Waals surface area contributed by atoms with Gasteiger partial charge < -0.3 is 4.74 Å². The number of hydrogen-bond acceptors (Lipinski definition) is 2. The fourth-order valence-electron chi connectivity index (χ4n) is 2.61. The first-order valence-electron chi connectivity index (χ1n) is 6.10. The molecule has 1 fully saturated rings. The maximum atomic E-state index is 5.88. The molecule has 0 bridgehead atoms. The lowest BCUT2D eigenvalue weighted by Gasteiger charge is -2.38. The highest BCUT2D eigenvalue weighted by Gasteiger charge is 2.24. The molecule has 3 heteroatoms. The van der Waals surface area contributed by atoms with Crippen LogP contribution in [-0.4, -0.2) is 43.1 Å². The number of halogens is 1. The molecule has 0 radical (unpaired) electrons. The van der Waals surface area contributed by atoms with E-state index in [1.54, 1.807) is 7.11 Å². The maximum absolute atomic E-state index is 5.88. The molecule has 0 aromatic rings. The SMILES string of the molecule is COCC(C)N(CCCl)C1CCCCC1. The van der Waals surface area contributed by atoms with Crippen LogP contribution >= 0.6 is 11.6 Å². The van der Waals surface area contributed by atoms with Crippen molar-refractivity contribution in [1.29, 1.82) is 0 Å². The minimum absolute atomic E-state index is 0.497. The number of methoxy groups -OCH3 is 1. The van der Waals surface area contributed by atoms with Crippen LogP contribution in [0.4, 0.5) is 0 Å². The van der Waals surface area contributed by atoms with Gasteiger partial charge in [-0.25, -0.2) is 0 Å². The van der Waals surface area contributed by atoms with Crippen LogP contribution in [0.1, 0.15) is 39.0 Å². The van der Waals surface area contributed by atoms with Crippen LogP contribution in [0.2, 0.25) is 0 Å². The van der Waals surface area contributed by atoms with Gasteiger partial charge in [-0.1, -0.05) is 19.3 Å². The first-order chi connectivity index (χ1) is 7.29. The molecule has 1 aliphatic rings. The zero-order chi connectivity index (χ0) is 11.1. The number of nitrogens with zero attached hydrogens (tertiary/aromatic N) is 1. The summed E-state index contributed by atoms with van der Waals surface area (Å²) in [6.07, 6.45) is 6.84. The Kier molecular flexibility index (Phi) is 6.62. The average molecular weight is 234 g/mol. The van der Waals surface area contributed by atoms with Crippen molar-refractivity contribution < 1.29 is 4.74 Å². The first kappa shape index (κ1) is 13.3. The number of rotatable bonds is 6. The van der Waals surface area contributed by atoms with Crippen LogP contribution in [-0.2, 0) is 4.74 Å². The number of ether oxygens (including phenoxy) is 1. The van der Waals surface area contributed by atoms with Crippen LogP contribution in [0.15, 0.2) is 0 Å². The van der Waals surface area contributed by atoms with Crippen LogP contribution in [0.25, 0.3) is 0 Å². The van der Waals surface area contributed by atoms with Crippen molar-refractivity contribution in [2.75, 3.05) is 26.1 Å². The van der Waals surface area contributed by atoms with Gasteiger partial charge in [0.25, 0.3) is 0 Å². The molecule has 0 aromatic carbocycles. The summed E-state index contributed by atoms with van der Waals surface area (Å²) in [5.74, 6) is 0.727. The van der Waals surface area contributed by atoms with Gasteiger partial charge in [-0.15, -0.1) is 11.6 Å². The topological polar surface area (TPSA) is 12.5 Å². The molecule has 1 atom stereocenters. The monoisotopic (exact) mass is 233 g/mol.